The Labute approximate surface area is 126 Å². The third kappa shape index (κ3) is 8.12. The molecule has 1 aliphatic rings. The van der Waals surface area contributed by atoms with Crippen molar-refractivity contribution in [3.63, 3.8) is 0 Å². The Morgan fingerprint density at radius 3 is 2.71 bits per heavy atom. The molecule has 1 aliphatic heterocycles. The van der Waals surface area contributed by atoms with Gasteiger partial charge in [-0.25, -0.2) is 0 Å². The van der Waals surface area contributed by atoms with Crippen LogP contribution in [0, 0.1) is 6.92 Å². The third-order valence-corrected chi connectivity index (χ3v) is 2.87. The Morgan fingerprint density at radius 2 is 2.24 bits per heavy atom. The summed E-state index contributed by atoms with van der Waals surface area (Å²) >= 11 is 0. The molecular weight excluding hydrogens is 268 g/mol. The van der Waals surface area contributed by atoms with E-state index >= 15 is 0 Å². The zero-order chi connectivity index (χ0) is 15.5. The number of aliphatic hydroxyl groups excluding tert-OH is 1. The van der Waals surface area contributed by atoms with E-state index in [-0.39, 0.29) is 18.6 Å². The second kappa shape index (κ2) is 9.96. The van der Waals surface area contributed by atoms with E-state index in [9.17, 15) is 4.79 Å². The van der Waals surface area contributed by atoms with Gasteiger partial charge in [0.2, 0.25) is 0 Å². The average molecular weight is 292 g/mol. The molecule has 2 rings (SSSR count). The molecule has 0 saturated carbocycles. The maximum atomic E-state index is 11.2. The summed E-state index contributed by atoms with van der Waals surface area (Å²) in [6.07, 6.45) is 2.49. The zero-order valence-electron chi connectivity index (χ0n) is 12.5. The van der Waals surface area contributed by atoms with Crippen molar-refractivity contribution in [3.05, 3.63) is 42.5 Å². The molecule has 0 aromatic heterocycles. The summed E-state index contributed by atoms with van der Waals surface area (Å²) in [4.78, 5) is 11.2. The standard InChI is InChI=1S/C12H15NO2.C4H9NO/c1-3-8-13-12(14)9-15-11-6-4-10(2)5-7-11;6-4-1-2-5-3-4/h3-7H,1,8-9H2,2H3,(H,13,14);4-6H,1-3H2/t;4-/m.1/s1. The van der Waals surface area contributed by atoms with Crippen LogP contribution in [-0.4, -0.2) is 43.4 Å². The number of nitrogens with one attached hydrogen (secondary N) is 2. The molecule has 1 saturated heterocycles. The zero-order valence-corrected chi connectivity index (χ0v) is 12.5. The van der Waals surface area contributed by atoms with Crippen LogP contribution in [0.3, 0.4) is 0 Å². The molecule has 1 fully saturated rings. The molecule has 3 N–H and O–H groups in total. The monoisotopic (exact) mass is 292 g/mol. The maximum absolute atomic E-state index is 11.2. The number of aryl methyl sites for hydroxylation is 1. The van der Waals surface area contributed by atoms with E-state index < -0.39 is 0 Å². The minimum absolute atomic E-state index is 0.0386. The number of benzene rings is 1. The number of rotatable bonds is 5. The predicted molar refractivity (Wildman–Crippen MR) is 83.4 cm³/mol. The highest BCUT2D eigenvalue weighted by atomic mass is 16.5. The Balaban J connectivity index is 0.000000304. The van der Waals surface area contributed by atoms with Gasteiger partial charge in [0.15, 0.2) is 6.61 Å². The number of hydrogen-bond acceptors (Lipinski definition) is 4. The lowest BCUT2D eigenvalue weighted by atomic mass is 10.2. The van der Waals surface area contributed by atoms with Gasteiger partial charge < -0.3 is 20.5 Å². The lowest BCUT2D eigenvalue weighted by Gasteiger charge is -2.06. The highest BCUT2D eigenvalue weighted by Crippen LogP contribution is 2.10. The number of carbonyl (C=O) groups excluding carboxylic acids is 1. The lowest BCUT2D eigenvalue weighted by Crippen LogP contribution is -2.28. The van der Waals surface area contributed by atoms with Gasteiger partial charge in [-0.3, -0.25) is 4.79 Å². The minimum atomic E-state index is -0.143. The molecule has 116 valence electrons. The van der Waals surface area contributed by atoms with Gasteiger partial charge in [-0.05, 0) is 32.0 Å². The van der Waals surface area contributed by atoms with Crippen molar-refractivity contribution in [3.8, 4) is 5.75 Å². The summed E-state index contributed by atoms with van der Waals surface area (Å²) in [5, 5.41) is 14.3. The molecule has 0 unspecified atom stereocenters. The quantitative estimate of drug-likeness (QED) is 0.709. The summed E-state index contributed by atoms with van der Waals surface area (Å²) in [6, 6.07) is 7.57. The van der Waals surface area contributed by atoms with Gasteiger partial charge in [-0.15, -0.1) is 6.58 Å². The second-order valence-electron chi connectivity index (χ2n) is 4.84. The largest absolute Gasteiger partial charge is 0.484 e. The molecule has 0 aliphatic carbocycles. The van der Waals surface area contributed by atoms with E-state index in [2.05, 4.69) is 17.2 Å². The van der Waals surface area contributed by atoms with E-state index in [1.165, 1.54) is 5.56 Å². The first kappa shape index (κ1) is 17.2. The Morgan fingerprint density at radius 1 is 1.52 bits per heavy atom. The van der Waals surface area contributed by atoms with Crippen molar-refractivity contribution in [1.29, 1.82) is 0 Å². The molecular formula is C16H24N2O3. The third-order valence-electron chi connectivity index (χ3n) is 2.87. The Kier molecular flexibility index (Phi) is 8.16. The van der Waals surface area contributed by atoms with E-state index in [0.717, 1.165) is 19.5 Å². The molecule has 1 aromatic rings. The highest BCUT2D eigenvalue weighted by Gasteiger charge is 2.08. The van der Waals surface area contributed by atoms with E-state index in [4.69, 9.17) is 9.84 Å². The smallest absolute Gasteiger partial charge is 0.258 e. The van der Waals surface area contributed by atoms with Crippen LogP contribution in [0.1, 0.15) is 12.0 Å². The van der Waals surface area contributed by atoms with Gasteiger partial charge in [0.05, 0.1) is 6.10 Å². The van der Waals surface area contributed by atoms with Crippen molar-refractivity contribution in [2.45, 2.75) is 19.4 Å². The van der Waals surface area contributed by atoms with Crippen molar-refractivity contribution < 1.29 is 14.6 Å². The first-order chi connectivity index (χ1) is 10.1. The molecule has 0 spiro atoms. The van der Waals surface area contributed by atoms with Crippen LogP contribution in [0.4, 0.5) is 0 Å². The first-order valence-electron chi connectivity index (χ1n) is 7.07. The molecule has 0 bridgehead atoms. The van der Waals surface area contributed by atoms with Gasteiger partial charge >= 0.3 is 0 Å². The molecule has 5 heteroatoms. The number of hydrogen-bond donors (Lipinski definition) is 3. The molecule has 1 amide bonds. The summed E-state index contributed by atoms with van der Waals surface area (Å²) in [5.41, 5.74) is 1.17. The topological polar surface area (TPSA) is 70.6 Å². The van der Waals surface area contributed by atoms with E-state index in [1.54, 1.807) is 6.08 Å². The van der Waals surface area contributed by atoms with Crippen molar-refractivity contribution in [2.75, 3.05) is 26.2 Å². The van der Waals surface area contributed by atoms with Gasteiger partial charge in [-0.2, -0.15) is 0 Å². The van der Waals surface area contributed by atoms with Gasteiger partial charge in [0, 0.05) is 13.1 Å². The van der Waals surface area contributed by atoms with Crippen molar-refractivity contribution in [2.24, 2.45) is 0 Å². The van der Waals surface area contributed by atoms with Crippen LogP contribution in [0.5, 0.6) is 5.75 Å². The Bertz CT molecular complexity index is 426. The molecule has 21 heavy (non-hydrogen) atoms. The summed E-state index contributed by atoms with van der Waals surface area (Å²) < 4.78 is 5.27. The lowest BCUT2D eigenvalue weighted by molar-refractivity contribution is -0.122. The minimum Gasteiger partial charge on any atom is -0.484 e. The van der Waals surface area contributed by atoms with Gasteiger partial charge in [-0.1, -0.05) is 23.8 Å². The molecule has 1 aromatic carbocycles. The normalized spacial score (nSPS) is 16.6. The van der Waals surface area contributed by atoms with Crippen molar-refractivity contribution in [1.82, 2.24) is 10.6 Å². The molecule has 0 radical (unpaired) electrons. The maximum Gasteiger partial charge on any atom is 0.258 e. The fraction of sp³-hybridized carbons (Fsp3) is 0.438. The number of aliphatic hydroxyl groups is 1. The second-order valence-corrected chi connectivity index (χ2v) is 4.84. The molecule has 1 atom stereocenters. The predicted octanol–water partition coefficient (Wildman–Crippen LogP) is 1.02. The van der Waals surface area contributed by atoms with Gasteiger partial charge in [0.25, 0.3) is 5.91 Å². The molecule has 5 nitrogen and oxygen atoms in total. The Hall–Kier alpha value is -1.85. The SMILES string of the molecule is C=CCNC(=O)COc1ccc(C)cc1.O[C@@H]1CCNC1. The number of ether oxygens (including phenoxy) is 1. The summed E-state index contributed by atoms with van der Waals surface area (Å²) in [6.45, 7) is 7.79. The summed E-state index contributed by atoms with van der Waals surface area (Å²) in [7, 11) is 0. The number of β-amino-alcohol motifs (C(OH)–C–C–N with tert-alkyl or cyclic N) is 1. The number of amides is 1. The summed E-state index contributed by atoms with van der Waals surface area (Å²) in [5.74, 6) is 0.560. The average Bonchev–Trinajstić information content (AvgIpc) is 2.96. The van der Waals surface area contributed by atoms with Crippen LogP contribution >= 0.6 is 0 Å². The van der Waals surface area contributed by atoms with Crippen LogP contribution in [0.25, 0.3) is 0 Å². The van der Waals surface area contributed by atoms with E-state index in [1.807, 2.05) is 31.2 Å². The first-order valence-corrected chi connectivity index (χ1v) is 7.07. The van der Waals surface area contributed by atoms with E-state index in [0.29, 0.717) is 12.3 Å². The fourth-order valence-corrected chi connectivity index (χ4v) is 1.66. The highest BCUT2D eigenvalue weighted by molar-refractivity contribution is 5.77. The number of carbonyl (C=O) groups is 1. The van der Waals surface area contributed by atoms with Crippen molar-refractivity contribution >= 4 is 5.91 Å². The van der Waals surface area contributed by atoms with Crippen LogP contribution in [-0.2, 0) is 4.79 Å². The van der Waals surface area contributed by atoms with Crippen LogP contribution < -0.4 is 15.4 Å². The molecule has 1 heterocycles. The van der Waals surface area contributed by atoms with Crippen LogP contribution in [0.15, 0.2) is 36.9 Å². The van der Waals surface area contributed by atoms with Gasteiger partial charge in [0.1, 0.15) is 5.75 Å². The van der Waals surface area contributed by atoms with Crippen LogP contribution in [0.2, 0.25) is 0 Å². The fourth-order valence-electron chi connectivity index (χ4n) is 1.66.